The van der Waals surface area contributed by atoms with E-state index >= 15 is 0 Å². The topological polar surface area (TPSA) is 57.5 Å². The maximum absolute atomic E-state index is 12.9. The van der Waals surface area contributed by atoms with Crippen LogP contribution in [0.2, 0.25) is 11.3 Å². The standard InChI is InChI=1S/C24H31BClO3S3/c1-24(2)22(28)17(21(23(24)29)31-14-25-12-13-30-3)10-8-15(27)9-11-19-20(26)16-6-4-5-7-18(16)32-19/h4-8,10,15,17,21-22,27-28H,9,11-14H2,1-3H3/b10-8+/t15?,17-,21-,22+/m1/s1. The molecular formula is C24H31BClO3S3. The number of halogens is 1. The molecule has 2 aromatic rings. The van der Waals surface area contributed by atoms with Gasteiger partial charge in [-0.05, 0) is 36.6 Å². The molecule has 3 nitrogen and oxygen atoms in total. The zero-order valence-corrected chi connectivity index (χ0v) is 22.0. The highest BCUT2D eigenvalue weighted by molar-refractivity contribution is 8.01. The van der Waals surface area contributed by atoms with Crippen molar-refractivity contribution < 1.29 is 15.0 Å². The van der Waals surface area contributed by atoms with Gasteiger partial charge in [-0.25, -0.2) is 0 Å². The number of carbonyl (C=O) groups is 1. The summed E-state index contributed by atoms with van der Waals surface area (Å²) in [6.07, 6.45) is 6.53. The Bertz CT molecular complexity index is 946. The molecule has 32 heavy (non-hydrogen) atoms. The van der Waals surface area contributed by atoms with Crippen LogP contribution in [0.1, 0.15) is 25.1 Å². The number of thiophene rings is 1. The molecule has 2 N–H and O–H groups in total. The lowest BCUT2D eigenvalue weighted by Gasteiger charge is -2.22. The third kappa shape index (κ3) is 5.97. The van der Waals surface area contributed by atoms with Crippen molar-refractivity contribution in [1.82, 2.24) is 0 Å². The first-order valence-electron chi connectivity index (χ1n) is 10.9. The Morgan fingerprint density at radius 2 is 2.09 bits per heavy atom. The normalized spacial score (nSPS) is 23.9. The van der Waals surface area contributed by atoms with Crippen LogP contribution in [0.15, 0.2) is 36.4 Å². The summed E-state index contributed by atoms with van der Waals surface area (Å²) in [6.45, 7) is 3.64. The fraction of sp³-hybridized carbons (Fsp3) is 0.542. The third-order valence-corrected chi connectivity index (χ3v) is 9.82. The summed E-state index contributed by atoms with van der Waals surface area (Å²) in [5.74, 6) is 0.876. The number of fused-ring (bicyclic) bond motifs is 1. The van der Waals surface area contributed by atoms with E-state index in [2.05, 4.69) is 19.6 Å². The second-order valence-corrected chi connectivity index (χ2v) is 12.4. The number of aliphatic hydroxyl groups excluding tert-OH is 2. The van der Waals surface area contributed by atoms with Gasteiger partial charge < -0.3 is 10.2 Å². The van der Waals surface area contributed by atoms with Crippen LogP contribution in [-0.4, -0.2) is 58.4 Å². The largest absolute Gasteiger partial charge is 0.391 e. The first kappa shape index (κ1) is 26.2. The molecular weight excluding hydrogens is 479 g/mol. The number of hydrogen-bond donors (Lipinski definition) is 2. The van der Waals surface area contributed by atoms with Gasteiger partial charge in [0.15, 0.2) is 5.78 Å². The summed E-state index contributed by atoms with van der Waals surface area (Å²) >= 11 is 11.6. The molecule has 0 bridgehead atoms. The number of aryl methyl sites for hydroxylation is 1. The molecule has 1 radical (unpaired) electrons. The van der Waals surface area contributed by atoms with Crippen LogP contribution in [0.3, 0.4) is 0 Å². The van der Waals surface area contributed by atoms with E-state index < -0.39 is 17.6 Å². The van der Waals surface area contributed by atoms with Crippen molar-refractivity contribution in [2.45, 2.75) is 50.5 Å². The van der Waals surface area contributed by atoms with Crippen molar-refractivity contribution >= 4 is 69.6 Å². The van der Waals surface area contributed by atoms with Crippen LogP contribution in [0.4, 0.5) is 0 Å². The van der Waals surface area contributed by atoms with Crippen LogP contribution in [0.25, 0.3) is 10.1 Å². The lowest BCUT2D eigenvalue weighted by molar-refractivity contribution is -0.126. The molecule has 1 aromatic carbocycles. The molecule has 4 atom stereocenters. The summed E-state index contributed by atoms with van der Waals surface area (Å²) in [6, 6.07) is 8.06. The SMILES string of the molecule is CSCC[B]CS[C@H]1C(=O)C(C)(C)[C@@H](O)[C@@H]1/C=C/C(O)CCc1sc2ccccc2c1Cl. The minimum atomic E-state index is -0.776. The lowest BCUT2D eigenvalue weighted by Crippen LogP contribution is -2.31. The maximum Gasteiger partial charge on any atom is 0.154 e. The smallest absolute Gasteiger partial charge is 0.154 e. The van der Waals surface area contributed by atoms with E-state index in [0.717, 1.165) is 37.7 Å². The highest BCUT2D eigenvalue weighted by Crippen LogP contribution is 2.44. The minimum absolute atomic E-state index is 0.0921. The Morgan fingerprint density at radius 1 is 1.34 bits per heavy atom. The fourth-order valence-electron chi connectivity index (χ4n) is 4.04. The number of carbonyl (C=O) groups excluding carboxylic acids is 1. The summed E-state index contributed by atoms with van der Waals surface area (Å²) in [5.41, 5.74) is 0.0125. The van der Waals surface area contributed by atoms with Crippen molar-refractivity contribution in [3.05, 3.63) is 46.3 Å². The van der Waals surface area contributed by atoms with Crippen molar-refractivity contribution in [2.24, 2.45) is 11.3 Å². The van der Waals surface area contributed by atoms with Gasteiger partial charge in [0.1, 0.15) is 7.28 Å². The zero-order valence-electron chi connectivity index (χ0n) is 18.8. The number of rotatable bonds is 11. The molecule has 173 valence electrons. The third-order valence-electron chi connectivity index (χ3n) is 6.09. The van der Waals surface area contributed by atoms with Crippen LogP contribution < -0.4 is 0 Å². The van der Waals surface area contributed by atoms with Crippen molar-refractivity contribution in [3.63, 3.8) is 0 Å². The van der Waals surface area contributed by atoms with Gasteiger partial charge in [-0.2, -0.15) is 23.5 Å². The Morgan fingerprint density at radius 3 is 2.81 bits per heavy atom. The molecule has 1 fully saturated rings. The van der Waals surface area contributed by atoms with Crippen LogP contribution >= 0.6 is 46.5 Å². The van der Waals surface area contributed by atoms with Gasteiger partial charge in [-0.15, -0.1) is 11.3 Å². The van der Waals surface area contributed by atoms with Crippen LogP contribution in [0.5, 0.6) is 0 Å². The molecule has 1 heterocycles. The molecule has 0 saturated heterocycles. The lowest BCUT2D eigenvalue weighted by atomic mass is 9.79. The number of aliphatic hydroxyl groups is 2. The molecule has 1 aliphatic carbocycles. The van der Waals surface area contributed by atoms with Gasteiger partial charge in [0.2, 0.25) is 0 Å². The predicted molar refractivity (Wildman–Crippen MR) is 144 cm³/mol. The van der Waals surface area contributed by atoms with E-state index in [-0.39, 0.29) is 17.0 Å². The number of hydrogen-bond acceptors (Lipinski definition) is 6. The average Bonchev–Trinajstić information content (AvgIpc) is 3.18. The summed E-state index contributed by atoms with van der Waals surface area (Å²) in [4.78, 5) is 14.0. The van der Waals surface area contributed by atoms with Gasteiger partial charge in [-0.1, -0.05) is 62.1 Å². The predicted octanol–water partition coefficient (Wildman–Crippen LogP) is 5.54. The van der Waals surface area contributed by atoms with E-state index in [9.17, 15) is 15.0 Å². The van der Waals surface area contributed by atoms with Gasteiger partial charge >= 0.3 is 0 Å². The summed E-state index contributed by atoms with van der Waals surface area (Å²) < 4.78 is 1.15. The van der Waals surface area contributed by atoms with Crippen molar-refractivity contribution in [3.8, 4) is 0 Å². The van der Waals surface area contributed by atoms with Gasteiger partial charge in [0.25, 0.3) is 0 Å². The highest BCUT2D eigenvalue weighted by Gasteiger charge is 2.53. The molecule has 1 aliphatic rings. The molecule has 0 aliphatic heterocycles. The molecule has 0 amide bonds. The molecule has 1 aromatic heterocycles. The van der Waals surface area contributed by atoms with Crippen molar-refractivity contribution in [2.75, 3.05) is 17.7 Å². The zero-order chi connectivity index (χ0) is 23.3. The van der Waals surface area contributed by atoms with Crippen LogP contribution in [0, 0.1) is 11.3 Å². The van der Waals surface area contributed by atoms with Gasteiger partial charge in [0.05, 0.1) is 27.9 Å². The summed E-state index contributed by atoms with van der Waals surface area (Å²) in [7, 11) is 2.20. The second kappa shape index (κ2) is 11.8. The fourth-order valence-corrected chi connectivity index (χ4v) is 7.41. The monoisotopic (exact) mass is 509 g/mol. The average molecular weight is 510 g/mol. The van der Waals surface area contributed by atoms with Gasteiger partial charge in [0, 0.05) is 20.9 Å². The molecule has 1 unspecified atom stereocenters. The Hall–Kier alpha value is -0.435. The van der Waals surface area contributed by atoms with E-state index in [1.807, 2.05) is 49.9 Å². The first-order valence-corrected chi connectivity index (χ1v) is 14.6. The molecule has 1 saturated carbocycles. The number of Topliss-reactive ketones (excluding diaryl/α,β-unsaturated/α-hetero) is 1. The first-order chi connectivity index (χ1) is 15.3. The maximum atomic E-state index is 12.9. The Labute approximate surface area is 209 Å². The Balaban J connectivity index is 1.61. The highest BCUT2D eigenvalue weighted by atomic mass is 35.5. The van der Waals surface area contributed by atoms with E-state index in [1.165, 1.54) is 0 Å². The molecule has 0 spiro atoms. The Kier molecular flexibility index (Phi) is 9.66. The van der Waals surface area contributed by atoms with E-state index in [1.54, 1.807) is 29.2 Å². The molecule has 8 heteroatoms. The van der Waals surface area contributed by atoms with Crippen molar-refractivity contribution in [1.29, 1.82) is 0 Å². The number of ketones is 1. The van der Waals surface area contributed by atoms with E-state index in [4.69, 9.17) is 11.6 Å². The second-order valence-electron chi connectivity index (χ2n) is 8.76. The van der Waals surface area contributed by atoms with Crippen LogP contribution in [-0.2, 0) is 11.2 Å². The molecule has 3 rings (SSSR count). The van der Waals surface area contributed by atoms with Gasteiger partial charge in [-0.3, -0.25) is 4.79 Å². The number of thioether (sulfide) groups is 2. The van der Waals surface area contributed by atoms with E-state index in [0.29, 0.717) is 12.8 Å². The quantitative estimate of drug-likeness (QED) is 0.237. The number of benzene rings is 1. The summed E-state index contributed by atoms with van der Waals surface area (Å²) in [5, 5.41) is 23.0. The minimum Gasteiger partial charge on any atom is -0.391 e.